The van der Waals surface area contributed by atoms with Gasteiger partial charge >= 0.3 is 6.18 Å². The zero-order chi connectivity index (χ0) is 27.0. The Morgan fingerprint density at radius 3 is 2.33 bits per heavy atom. The topological polar surface area (TPSA) is 98.5 Å². The molecular formula is C29H23F3N6O. The number of nitrogens with two attached hydrogens (primary N) is 1. The van der Waals surface area contributed by atoms with Crippen LogP contribution >= 0.6 is 0 Å². The molecular weight excluding hydrogens is 505 g/mol. The number of hydrogen-bond acceptors (Lipinski definition) is 6. The molecule has 0 saturated heterocycles. The molecule has 7 nitrogen and oxygen atoms in total. The fourth-order valence-electron chi connectivity index (χ4n) is 5.99. The Morgan fingerprint density at radius 1 is 0.974 bits per heavy atom. The first-order valence-corrected chi connectivity index (χ1v) is 12.8. The van der Waals surface area contributed by atoms with Crippen LogP contribution in [0, 0.1) is 10.8 Å². The van der Waals surface area contributed by atoms with Crippen LogP contribution in [0.5, 0.6) is 0 Å². The molecule has 0 spiro atoms. The van der Waals surface area contributed by atoms with Gasteiger partial charge in [-0.3, -0.25) is 0 Å². The minimum atomic E-state index is -4.60. The van der Waals surface area contributed by atoms with Crippen LogP contribution < -0.4 is 5.73 Å². The molecule has 0 radical (unpaired) electrons. The quantitative estimate of drug-likeness (QED) is 0.263. The smallest absolute Gasteiger partial charge is 0.321 e. The van der Waals surface area contributed by atoms with Crippen molar-refractivity contribution >= 4 is 16.7 Å². The van der Waals surface area contributed by atoms with Crippen LogP contribution in [0.25, 0.3) is 39.1 Å². The molecule has 3 aromatic heterocycles. The average Bonchev–Trinajstić information content (AvgIpc) is 3.68. The van der Waals surface area contributed by atoms with E-state index in [1.165, 1.54) is 6.20 Å². The van der Waals surface area contributed by atoms with Gasteiger partial charge in [0.1, 0.15) is 5.54 Å². The summed E-state index contributed by atoms with van der Waals surface area (Å²) in [5.41, 5.74) is 8.85. The summed E-state index contributed by atoms with van der Waals surface area (Å²) in [6.45, 7) is 0. The number of aromatic nitrogens is 4. The van der Waals surface area contributed by atoms with E-state index in [0.717, 1.165) is 45.7 Å². The van der Waals surface area contributed by atoms with Crippen molar-refractivity contribution in [1.29, 1.82) is 0 Å². The van der Waals surface area contributed by atoms with Crippen molar-refractivity contribution in [3.05, 3.63) is 89.1 Å². The molecule has 39 heavy (non-hydrogen) atoms. The molecule has 0 bridgehead atoms. The van der Waals surface area contributed by atoms with Gasteiger partial charge in [0.2, 0.25) is 0 Å². The molecule has 0 unspecified atom stereocenters. The minimum Gasteiger partial charge on any atom is -0.321 e. The molecule has 7 rings (SSSR count). The molecule has 0 aliphatic heterocycles. The van der Waals surface area contributed by atoms with Crippen LogP contribution in [0.15, 0.2) is 78.1 Å². The third kappa shape index (κ3) is 3.81. The van der Waals surface area contributed by atoms with Crippen molar-refractivity contribution < 1.29 is 13.2 Å². The van der Waals surface area contributed by atoms with E-state index in [9.17, 15) is 18.1 Å². The Balaban J connectivity index is 1.34. The van der Waals surface area contributed by atoms with Gasteiger partial charge in [-0.05, 0) is 48.8 Å². The monoisotopic (exact) mass is 528 g/mol. The lowest BCUT2D eigenvalue weighted by Gasteiger charge is -2.50. The number of halogens is 3. The van der Waals surface area contributed by atoms with Crippen LogP contribution in [-0.4, -0.2) is 25.1 Å². The Kier molecular flexibility index (Phi) is 5.00. The molecule has 5 aromatic rings. The predicted octanol–water partition coefficient (Wildman–Crippen LogP) is 6.49. The normalized spacial score (nSPS) is 23.2. The Bertz CT molecular complexity index is 1740. The van der Waals surface area contributed by atoms with Crippen molar-refractivity contribution in [3.63, 3.8) is 0 Å². The number of hydrogen-bond donors (Lipinski definition) is 1. The second kappa shape index (κ2) is 8.16. The van der Waals surface area contributed by atoms with E-state index >= 15 is 0 Å². The van der Waals surface area contributed by atoms with Gasteiger partial charge in [-0.1, -0.05) is 59.8 Å². The number of nitroso groups, excluding NO2 is 1. The summed E-state index contributed by atoms with van der Waals surface area (Å²) in [5.74, 6) is 0.340. The molecule has 2 aromatic carbocycles. The predicted molar refractivity (Wildman–Crippen MR) is 141 cm³/mol. The fourth-order valence-corrected chi connectivity index (χ4v) is 5.99. The Morgan fingerprint density at radius 2 is 1.69 bits per heavy atom. The summed E-state index contributed by atoms with van der Waals surface area (Å²) in [7, 11) is 0. The van der Waals surface area contributed by atoms with E-state index in [1.807, 2.05) is 60.7 Å². The largest absolute Gasteiger partial charge is 0.435 e. The zero-order valence-corrected chi connectivity index (χ0v) is 20.7. The van der Waals surface area contributed by atoms with Crippen LogP contribution in [0.3, 0.4) is 0 Å². The van der Waals surface area contributed by atoms with Crippen molar-refractivity contribution in [2.45, 2.75) is 42.9 Å². The fraction of sp³-hybridized carbons (Fsp3) is 0.276. The highest BCUT2D eigenvalue weighted by Crippen LogP contribution is 2.59. The van der Waals surface area contributed by atoms with Gasteiger partial charge in [0.25, 0.3) is 0 Å². The van der Waals surface area contributed by atoms with E-state index < -0.39 is 22.9 Å². The van der Waals surface area contributed by atoms with Gasteiger partial charge in [-0.15, -0.1) is 0 Å². The second-order valence-corrected chi connectivity index (χ2v) is 10.8. The molecule has 2 aliphatic carbocycles. The molecule has 2 fully saturated rings. The number of benzene rings is 2. The third-order valence-corrected chi connectivity index (χ3v) is 8.13. The maximum Gasteiger partial charge on any atom is 0.435 e. The molecule has 0 atom stereocenters. The number of nitrogens with zero attached hydrogens (tertiary/aromatic N) is 5. The molecule has 10 heteroatoms. The van der Waals surface area contributed by atoms with Gasteiger partial charge in [-0.25, -0.2) is 9.97 Å². The van der Waals surface area contributed by atoms with E-state index in [1.54, 1.807) is 0 Å². The molecule has 3 heterocycles. The summed E-state index contributed by atoms with van der Waals surface area (Å²) in [6, 6.07) is 20.1. The molecule has 0 amide bonds. The van der Waals surface area contributed by atoms with E-state index in [2.05, 4.69) is 15.3 Å². The van der Waals surface area contributed by atoms with Gasteiger partial charge in [0.15, 0.2) is 17.0 Å². The van der Waals surface area contributed by atoms with Gasteiger partial charge in [0, 0.05) is 34.3 Å². The second-order valence-electron chi connectivity index (χ2n) is 10.8. The average molecular weight is 529 g/mol. The first-order valence-electron chi connectivity index (χ1n) is 12.8. The number of fused-ring (bicyclic) bond motifs is 3. The highest BCUT2D eigenvalue weighted by molar-refractivity contribution is 5.90. The highest BCUT2D eigenvalue weighted by atomic mass is 19.4. The maximum absolute atomic E-state index is 13.4. The maximum atomic E-state index is 13.4. The summed E-state index contributed by atoms with van der Waals surface area (Å²) in [5, 5.41) is 7.80. The Hall–Kier alpha value is -4.18. The van der Waals surface area contributed by atoms with Crippen molar-refractivity contribution in [3.8, 4) is 22.4 Å². The van der Waals surface area contributed by atoms with Crippen molar-refractivity contribution in [1.82, 2.24) is 19.6 Å². The Labute approximate surface area is 220 Å². The highest BCUT2D eigenvalue weighted by Gasteiger charge is 2.61. The first-order chi connectivity index (χ1) is 18.7. The van der Waals surface area contributed by atoms with Gasteiger partial charge in [-0.2, -0.15) is 27.7 Å². The lowest BCUT2D eigenvalue weighted by atomic mass is 9.58. The van der Waals surface area contributed by atoms with Crippen molar-refractivity contribution in [2.24, 2.45) is 16.8 Å². The number of pyridine rings is 1. The SMILES string of the molecule is NC1(c2ccc(-c3nc4c(cnc5cc(C(F)(F)F)nn54)cc3-c3ccccc3)cc2)CC(N=O)(C2CC2)C1. The molecule has 196 valence electrons. The van der Waals surface area contributed by atoms with E-state index in [0.29, 0.717) is 29.8 Å². The van der Waals surface area contributed by atoms with Crippen LogP contribution in [0.1, 0.15) is 36.9 Å². The lowest BCUT2D eigenvalue weighted by Crippen LogP contribution is -2.59. The van der Waals surface area contributed by atoms with Gasteiger partial charge in [0.05, 0.1) is 5.69 Å². The molecule has 2 aliphatic rings. The van der Waals surface area contributed by atoms with E-state index in [-0.39, 0.29) is 11.3 Å². The minimum absolute atomic E-state index is 0.0640. The lowest BCUT2D eigenvalue weighted by molar-refractivity contribution is -0.141. The molecule has 2 N–H and O–H groups in total. The molecule has 2 saturated carbocycles. The first kappa shape index (κ1) is 23.9. The summed E-state index contributed by atoms with van der Waals surface area (Å²) < 4.78 is 41.3. The summed E-state index contributed by atoms with van der Waals surface area (Å²) in [4.78, 5) is 20.6. The summed E-state index contributed by atoms with van der Waals surface area (Å²) >= 11 is 0. The number of rotatable bonds is 5. The third-order valence-electron chi connectivity index (χ3n) is 8.13. The van der Waals surface area contributed by atoms with Crippen LogP contribution in [0.2, 0.25) is 0 Å². The van der Waals surface area contributed by atoms with Crippen molar-refractivity contribution in [2.75, 3.05) is 0 Å². The zero-order valence-electron chi connectivity index (χ0n) is 20.7. The van der Waals surface area contributed by atoms with E-state index in [4.69, 9.17) is 10.7 Å². The summed E-state index contributed by atoms with van der Waals surface area (Å²) in [6.07, 6.45) is 0.0333. The number of alkyl halides is 3. The standard InChI is InChI=1S/C29H23F3N6O/c30-29(31,32)23-13-24-34-14-19-12-22(17-4-2-1-3-5-17)25(35-26(19)38(24)36-23)18-6-8-20(9-7-18)27(33)15-28(16-27,37-39)21-10-11-21/h1-9,12-14,21H,10-11,15-16,33H2. The van der Waals surface area contributed by atoms with Crippen LogP contribution in [-0.2, 0) is 11.7 Å². The van der Waals surface area contributed by atoms with Crippen LogP contribution in [0.4, 0.5) is 13.2 Å². The van der Waals surface area contributed by atoms with Gasteiger partial charge < -0.3 is 5.73 Å².